The van der Waals surface area contributed by atoms with E-state index in [0.717, 1.165) is 11.1 Å². The van der Waals surface area contributed by atoms with Gasteiger partial charge in [-0.05, 0) is 31.0 Å². The Morgan fingerprint density at radius 1 is 1.11 bits per heavy atom. The van der Waals surface area contributed by atoms with Gasteiger partial charge in [0.2, 0.25) is 0 Å². The van der Waals surface area contributed by atoms with Crippen molar-refractivity contribution in [3.8, 4) is 5.75 Å². The molecule has 0 atom stereocenters. The summed E-state index contributed by atoms with van der Waals surface area (Å²) in [5.41, 5.74) is 2.35. The Morgan fingerprint density at radius 3 is 2.58 bits per heavy atom. The second-order valence-corrected chi connectivity index (χ2v) is 4.44. The minimum absolute atomic E-state index is 0.0881. The van der Waals surface area contributed by atoms with Crippen LogP contribution in [0, 0.1) is 19.7 Å². The van der Waals surface area contributed by atoms with Crippen molar-refractivity contribution in [2.24, 2.45) is 0 Å². The van der Waals surface area contributed by atoms with Crippen LogP contribution in [0.3, 0.4) is 0 Å². The number of Topliss-reactive ketones (excluding diaryl/α,β-unsaturated/α-hetero) is 1. The van der Waals surface area contributed by atoms with Crippen molar-refractivity contribution in [2.75, 3.05) is 6.61 Å². The van der Waals surface area contributed by atoms with Crippen LogP contribution in [0.1, 0.15) is 21.5 Å². The zero-order valence-electron chi connectivity index (χ0n) is 10.9. The zero-order valence-corrected chi connectivity index (χ0v) is 10.9. The molecule has 0 aliphatic rings. The highest BCUT2D eigenvalue weighted by Gasteiger charge is 2.10. The lowest BCUT2D eigenvalue weighted by molar-refractivity contribution is 0.0920. The maximum atomic E-state index is 13.1. The predicted molar refractivity (Wildman–Crippen MR) is 72.1 cm³/mol. The number of halogens is 1. The number of carbonyl (C=O) groups excluding carboxylic acids is 1. The third-order valence-corrected chi connectivity index (χ3v) is 2.95. The first-order chi connectivity index (χ1) is 9.08. The van der Waals surface area contributed by atoms with Crippen LogP contribution in [0.25, 0.3) is 0 Å². The minimum Gasteiger partial charge on any atom is -0.485 e. The first kappa shape index (κ1) is 13.3. The molecule has 0 amide bonds. The molecule has 2 rings (SSSR count). The van der Waals surface area contributed by atoms with E-state index in [-0.39, 0.29) is 18.2 Å². The number of ether oxygens (including phenoxy) is 1. The Hall–Kier alpha value is -2.16. The Balaban J connectivity index is 2.09. The number of aryl methyl sites for hydroxylation is 2. The van der Waals surface area contributed by atoms with E-state index in [1.807, 2.05) is 32.0 Å². The monoisotopic (exact) mass is 258 g/mol. The molecule has 0 N–H and O–H groups in total. The van der Waals surface area contributed by atoms with Gasteiger partial charge >= 0.3 is 0 Å². The van der Waals surface area contributed by atoms with Crippen LogP contribution in [0.2, 0.25) is 0 Å². The lowest BCUT2D eigenvalue weighted by Crippen LogP contribution is -2.13. The normalized spacial score (nSPS) is 10.3. The molecular weight excluding hydrogens is 243 g/mol. The van der Waals surface area contributed by atoms with Gasteiger partial charge in [0.15, 0.2) is 12.4 Å². The van der Waals surface area contributed by atoms with Crippen molar-refractivity contribution in [2.45, 2.75) is 13.8 Å². The average Bonchev–Trinajstić information content (AvgIpc) is 2.40. The quantitative estimate of drug-likeness (QED) is 0.781. The molecule has 0 aliphatic carbocycles. The Bertz CT molecular complexity index is 605. The molecule has 0 radical (unpaired) electrons. The largest absolute Gasteiger partial charge is 0.485 e. The zero-order chi connectivity index (χ0) is 13.8. The van der Waals surface area contributed by atoms with E-state index in [2.05, 4.69) is 0 Å². The Labute approximate surface area is 111 Å². The number of benzene rings is 2. The number of carbonyl (C=O) groups is 1. The summed E-state index contributed by atoms with van der Waals surface area (Å²) in [7, 11) is 0. The van der Waals surface area contributed by atoms with Crippen LogP contribution < -0.4 is 4.74 Å². The lowest BCUT2D eigenvalue weighted by atomic mass is 10.1. The molecule has 0 fully saturated rings. The molecule has 2 nitrogen and oxygen atoms in total. The summed E-state index contributed by atoms with van der Waals surface area (Å²) >= 11 is 0. The molecule has 0 aliphatic heterocycles. The van der Waals surface area contributed by atoms with Crippen LogP contribution >= 0.6 is 0 Å². The van der Waals surface area contributed by atoms with Crippen LogP contribution in [0.4, 0.5) is 4.39 Å². The molecule has 0 spiro atoms. The highest BCUT2D eigenvalue weighted by Crippen LogP contribution is 2.19. The molecule has 0 unspecified atom stereocenters. The van der Waals surface area contributed by atoms with Gasteiger partial charge in [-0.1, -0.05) is 30.3 Å². The molecule has 0 aromatic heterocycles. The predicted octanol–water partition coefficient (Wildman–Crippen LogP) is 3.70. The molecule has 98 valence electrons. The fourth-order valence-corrected chi connectivity index (χ4v) is 1.84. The van der Waals surface area contributed by atoms with E-state index in [9.17, 15) is 9.18 Å². The van der Waals surface area contributed by atoms with Crippen LogP contribution in [-0.4, -0.2) is 12.4 Å². The fraction of sp³-hybridized carbons (Fsp3) is 0.188. The molecule has 2 aromatic carbocycles. The second kappa shape index (κ2) is 5.65. The van der Waals surface area contributed by atoms with E-state index in [1.54, 1.807) is 12.1 Å². The maximum absolute atomic E-state index is 13.1. The summed E-state index contributed by atoms with van der Waals surface area (Å²) in [6.45, 7) is 3.60. The van der Waals surface area contributed by atoms with Gasteiger partial charge in [0.25, 0.3) is 0 Å². The molecule has 19 heavy (non-hydrogen) atoms. The lowest BCUT2D eigenvalue weighted by Gasteiger charge is -2.09. The first-order valence-electron chi connectivity index (χ1n) is 6.05. The van der Waals surface area contributed by atoms with Crippen molar-refractivity contribution in [3.63, 3.8) is 0 Å². The smallest absolute Gasteiger partial charge is 0.200 e. The van der Waals surface area contributed by atoms with E-state index >= 15 is 0 Å². The fourth-order valence-electron chi connectivity index (χ4n) is 1.84. The molecule has 0 bridgehead atoms. The van der Waals surface area contributed by atoms with Gasteiger partial charge in [0, 0.05) is 11.6 Å². The standard InChI is InChI=1S/C16H15FO2/c1-11-5-3-4-6-14(11)15(18)10-19-16-9-13(17)8-7-12(16)2/h3-9H,10H2,1-2H3. The molecule has 0 saturated heterocycles. The van der Waals surface area contributed by atoms with Gasteiger partial charge in [-0.3, -0.25) is 4.79 Å². The average molecular weight is 258 g/mol. The number of hydrogen-bond acceptors (Lipinski definition) is 2. The summed E-state index contributed by atoms with van der Waals surface area (Å²) in [6.07, 6.45) is 0. The Kier molecular flexibility index (Phi) is 3.95. The first-order valence-corrected chi connectivity index (χ1v) is 6.05. The Morgan fingerprint density at radius 2 is 1.84 bits per heavy atom. The van der Waals surface area contributed by atoms with Gasteiger partial charge < -0.3 is 4.74 Å². The second-order valence-electron chi connectivity index (χ2n) is 4.44. The number of ketones is 1. The van der Waals surface area contributed by atoms with Gasteiger partial charge in [-0.25, -0.2) is 4.39 Å². The topological polar surface area (TPSA) is 26.3 Å². The van der Waals surface area contributed by atoms with Crippen molar-refractivity contribution >= 4 is 5.78 Å². The maximum Gasteiger partial charge on any atom is 0.200 e. The molecule has 0 saturated carbocycles. The molecule has 3 heteroatoms. The van der Waals surface area contributed by atoms with Crippen molar-refractivity contribution < 1.29 is 13.9 Å². The summed E-state index contributed by atoms with van der Waals surface area (Å²) in [4.78, 5) is 12.0. The number of hydrogen-bond donors (Lipinski definition) is 0. The van der Waals surface area contributed by atoms with Gasteiger partial charge in [-0.15, -0.1) is 0 Å². The van der Waals surface area contributed by atoms with E-state index in [0.29, 0.717) is 11.3 Å². The van der Waals surface area contributed by atoms with E-state index < -0.39 is 0 Å². The summed E-state index contributed by atoms with van der Waals surface area (Å²) in [5, 5.41) is 0. The number of rotatable bonds is 4. The van der Waals surface area contributed by atoms with Crippen molar-refractivity contribution in [3.05, 3.63) is 65.0 Å². The van der Waals surface area contributed by atoms with Crippen LogP contribution in [-0.2, 0) is 0 Å². The van der Waals surface area contributed by atoms with Crippen molar-refractivity contribution in [1.82, 2.24) is 0 Å². The van der Waals surface area contributed by atoms with E-state index in [1.165, 1.54) is 12.1 Å². The van der Waals surface area contributed by atoms with Crippen LogP contribution in [0.5, 0.6) is 5.75 Å². The van der Waals surface area contributed by atoms with Gasteiger partial charge in [-0.2, -0.15) is 0 Å². The van der Waals surface area contributed by atoms with E-state index in [4.69, 9.17) is 4.74 Å². The summed E-state index contributed by atoms with van der Waals surface area (Å²) in [6, 6.07) is 11.6. The highest BCUT2D eigenvalue weighted by molar-refractivity contribution is 5.98. The molecule has 0 heterocycles. The summed E-state index contributed by atoms with van der Waals surface area (Å²) < 4.78 is 18.5. The minimum atomic E-state index is -0.371. The molecular formula is C16H15FO2. The van der Waals surface area contributed by atoms with Gasteiger partial charge in [0.1, 0.15) is 11.6 Å². The summed E-state index contributed by atoms with van der Waals surface area (Å²) in [5.74, 6) is -0.0763. The molecule has 2 aromatic rings. The third-order valence-electron chi connectivity index (χ3n) is 2.95. The SMILES string of the molecule is Cc1ccc(F)cc1OCC(=O)c1ccccc1C. The highest BCUT2D eigenvalue weighted by atomic mass is 19.1. The van der Waals surface area contributed by atoms with Gasteiger partial charge in [0.05, 0.1) is 0 Å². The van der Waals surface area contributed by atoms with Crippen molar-refractivity contribution in [1.29, 1.82) is 0 Å². The van der Waals surface area contributed by atoms with Crippen LogP contribution in [0.15, 0.2) is 42.5 Å². The third kappa shape index (κ3) is 3.19.